The van der Waals surface area contributed by atoms with Crippen molar-refractivity contribution in [3.05, 3.63) is 0 Å². The van der Waals surface area contributed by atoms with Gasteiger partial charge in [0, 0.05) is 37.8 Å². The largest absolute Gasteiger partial charge is 0.369 e. The fourth-order valence-electron chi connectivity index (χ4n) is 6.02. The molecule has 3 amide bonds. The molecular weight excluding hydrogens is 370 g/mol. The highest BCUT2D eigenvalue weighted by Gasteiger charge is 2.63. The number of nitrogens with one attached hydrogen (secondary N) is 2. The minimum atomic E-state index is -0.242. The maximum atomic E-state index is 12.5. The Balaban J connectivity index is 1.29. The average molecular weight is 406 g/mol. The van der Waals surface area contributed by atoms with Gasteiger partial charge in [-0.1, -0.05) is 26.2 Å². The Morgan fingerprint density at radius 3 is 2.62 bits per heavy atom. The van der Waals surface area contributed by atoms with Gasteiger partial charge in [-0.15, -0.1) is 0 Å². The number of nitrogens with zero attached hydrogens (tertiary/aromatic N) is 1. The van der Waals surface area contributed by atoms with Crippen LogP contribution in [0.15, 0.2) is 0 Å². The van der Waals surface area contributed by atoms with Crippen molar-refractivity contribution in [2.24, 2.45) is 17.8 Å². The average Bonchev–Trinajstić information content (AvgIpc) is 3.39. The molecule has 4 rings (SSSR count). The Morgan fingerprint density at radius 1 is 1.07 bits per heavy atom. The van der Waals surface area contributed by atoms with E-state index in [-0.39, 0.29) is 47.8 Å². The molecular formula is C22H35N3O4. The van der Waals surface area contributed by atoms with Gasteiger partial charge in [0.05, 0.1) is 24.8 Å². The molecule has 3 aliphatic heterocycles. The molecule has 0 aromatic heterocycles. The predicted molar refractivity (Wildman–Crippen MR) is 108 cm³/mol. The predicted octanol–water partition coefficient (Wildman–Crippen LogP) is 1.61. The molecule has 1 aliphatic carbocycles. The first-order valence-corrected chi connectivity index (χ1v) is 11.5. The van der Waals surface area contributed by atoms with Crippen LogP contribution in [0.2, 0.25) is 0 Å². The third kappa shape index (κ3) is 4.30. The van der Waals surface area contributed by atoms with Crippen LogP contribution in [0, 0.1) is 17.8 Å². The van der Waals surface area contributed by atoms with Crippen LogP contribution in [-0.2, 0) is 19.1 Å². The fourth-order valence-corrected chi connectivity index (χ4v) is 6.02. The first-order valence-electron chi connectivity index (χ1n) is 11.5. The van der Waals surface area contributed by atoms with Crippen LogP contribution < -0.4 is 10.6 Å². The van der Waals surface area contributed by atoms with Gasteiger partial charge in [0.25, 0.3) is 0 Å². The van der Waals surface area contributed by atoms with Crippen molar-refractivity contribution < 1.29 is 19.1 Å². The van der Waals surface area contributed by atoms with E-state index in [1.165, 1.54) is 32.1 Å². The molecule has 7 heteroatoms. The van der Waals surface area contributed by atoms with Gasteiger partial charge < -0.3 is 20.3 Å². The molecule has 3 heterocycles. The second-order valence-corrected chi connectivity index (χ2v) is 9.45. The maximum absolute atomic E-state index is 12.5. The van der Waals surface area contributed by atoms with E-state index < -0.39 is 0 Å². The number of amides is 3. The molecule has 162 valence electrons. The van der Waals surface area contributed by atoms with E-state index >= 15 is 0 Å². The zero-order valence-electron chi connectivity index (χ0n) is 17.6. The molecule has 0 aromatic carbocycles. The lowest BCUT2D eigenvalue weighted by molar-refractivity contribution is -0.133. The SMILES string of the molecule is CCC(=O)NCC(=O)N1C[C@@H]2[C@H](CNC(=O)CC3CCCCC3)[C@H]3CC[C@]2(C1)O3. The molecule has 0 unspecified atom stereocenters. The van der Waals surface area contributed by atoms with Gasteiger partial charge in [0.1, 0.15) is 0 Å². The molecule has 0 radical (unpaired) electrons. The lowest BCUT2D eigenvalue weighted by Crippen LogP contribution is -2.42. The van der Waals surface area contributed by atoms with Crippen molar-refractivity contribution in [3.63, 3.8) is 0 Å². The van der Waals surface area contributed by atoms with Crippen molar-refractivity contribution in [2.75, 3.05) is 26.2 Å². The van der Waals surface area contributed by atoms with Crippen molar-refractivity contribution in [1.82, 2.24) is 15.5 Å². The number of hydrogen-bond acceptors (Lipinski definition) is 4. The first kappa shape index (κ1) is 20.6. The molecule has 29 heavy (non-hydrogen) atoms. The van der Waals surface area contributed by atoms with Gasteiger partial charge >= 0.3 is 0 Å². The number of fused-ring (bicyclic) bond motifs is 1. The zero-order valence-corrected chi connectivity index (χ0v) is 17.6. The quantitative estimate of drug-likeness (QED) is 0.674. The summed E-state index contributed by atoms with van der Waals surface area (Å²) >= 11 is 0. The molecule has 1 spiro atoms. The standard InChI is InChI=1S/C22H35N3O4/c1-2-19(26)24-12-21(28)25-13-17-16(18-8-9-22(17,14-25)29-18)11-23-20(27)10-15-6-4-3-5-7-15/h15-18H,2-14H2,1H3,(H,23,27)(H,24,26)/t16-,17+,18+,22+/m0/s1. The van der Waals surface area contributed by atoms with Crippen LogP contribution in [-0.4, -0.2) is 60.5 Å². The molecule has 1 saturated carbocycles. The monoisotopic (exact) mass is 405 g/mol. The molecule has 2 N–H and O–H groups in total. The van der Waals surface area contributed by atoms with Crippen molar-refractivity contribution in [2.45, 2.75) is 76.4 Å². The number of carbonyl (C=O) groups is 3. The summed E-state index contributed by atoms with van der Waals surface area (Å²) in [6.45, 7) is 3.76. The van der Waals surface area contributed by atoms with E-state index in [4.69, 9.17) is 4.74 Å². The highest BCUT2D eigenvalue weighted by atomic mass is 16.5. The molecule has 4 aliphatic rings. The Morgan fingerprint density at radius 2 is 1.86 bits per heavy atom. The van der Waals surface area contributed by atoms with Gasteiger partial charge in [-0.05, 0) is 31.6 Å². The Labute approximate surface area is 173 Å². The Hall–Kier alpha value is -1.63. The molecule has 4 fully saturated rings. The van der Waals surface area contributed by atoms with E-state index in [2.05, 4.69) is 10.6 Å². The molecule has 0 aromatic rings. The van der Waals surface area contributed by atoms with Crippen molar-refractivity contribution in [3.8, 4) is 0 Å². The lowest BCUT2D eigenvalue weighted by atomic mass is 9.73. The van der Waals surface area contributed by atoms with E-state index in [1.54, 1.807) is 6.92 Å². The summed E-state index contributed by atoms with van der Waals surface area (Å²) in [4.78, 5) is 38.3. The summed E-state index contributed by atoms with van der Waals surface area (Å²) in [6, 6.07) is 0. The lowest BCUT2D eigenvalue weighted by Gasteiger charge is -2.29. The smallest absolute Gasteiger partial charge is 0.242 e. The van der Waals surface area contributed by atoms with E-state index in [0.29, 0.717) is 38.4 Å². The summed E-state index contributed by atoms with van der Waals surface area (Å²) in [5, 5.41) is 5.86. The normalized spacial score (nSPS) is 33.6. The molecule has 4 atom stereocenters. The zero-order chi connectivity index (χ0) is 20.4. The number of rotatable bonds is 7. The summed E-state index contributed by atoms with van der Waals surface area (Å²) in [5.74, 6) is 1.13. The summed E-state index contributed by atoms with van der Waals surface area (Å²) in [5.41, 5.74) is -0.242. The fraction of sp³-hybridized carbons (Fsp3) is 0.864. The molecule has 2 bridgehead atoms. The number of ether oxygens (including phenoxy) is 1. The van der Waals surface area contributed by atoms with E-state index in [9.17, 15) is 14.4 Å². The minimum Gasteiger partial charge on any atom is -0.369 e. The van der Waals surface area contributed by atoms with Gasteiger partial charge in [-0.2, -0.15) is 0 Å². The van der Waals surface area contributed by atoms with Crippen LogP contribution in [0.3, 0.4) is 0 Å². The van der Waals surface area contributed by atoms with Gasteiger partial charge in [-0.3, -0.25) is 14.4 Å². The van der Waals surface area contributed by atoms with E-state index in [0.717, 1.165) is 12.8 Å². The van der Waals surface area contributed by atoms with Crippen LogP contribution in [0.1, 0.15) is 64.7 Å². The third-order valence-electron chi connectivity index (χ3n) is 7.63. The molecule has 3 saturated heterocycles. The summed E-state index contributed by atoms with van der Waals surface area (Å²) in [6.07, 6.45) is 9.40. The second-order valence-electron chi connectivity index (χ2n) is 9.45. The Kier molecular flexibility index (Phi) is 6.13. The minimum absolute atomic E-state index is 0.0392. The Bertz CT molecular complexity index is 648. The van der Waals surface area contributed by atoms with Crippen molar-refractivity contribution in [1.29, 1.82) is 0 Å². The van der Waals surface area contributed by atoms with Crippen molar-refractivity contribution >= 4 is 17.7 Å². The number of carbonyl (C=O) groups excluding carboxylic acids is 3. The second kappa shape index (κ2) is 8.62. The van der Waals surface area contributed by atoms with E-state index in [1.807, 2.05) is 4.90 Å². The molecule has 7 nitrogen and oxygen atoms in total. The topological polar surface area (TPSA) is 87.7 Å². The van der Waals surface area contributed by atoms with Gasteiger partial charge in [0.15, 0.2) is 0 Å². The van der Waals surface area contributed by atoms with Gasteiger partial charge in [-0.25, -0.2) is 0 Å². The maximum Gasteiger partial charge on any atom is 0.242 e. The highest BCUT2D eigenvalue weighted by Crippen LogP contribution is 2.54. The highest BCUT2D eigenvalue weighted by molar-refractivity contribution is 5.84. The van der Waals surface area contributed by atoms with Crippen LogP contribution in [0.25, 0.3) is 0 Å². The van der Waals surface area contributed by atoms with Crippen LogP contribution >= 0.6 is 0 Å². The number of hydrogen-bond donors (Lipinski definition) is 2. The third-order valence-corrected chi connectivity index (χ3v) is 7.63. The summed E-state index contributed by atoms with van der Waals surface area (Å²) in [7, 11) is 0. The van der Waals surface area contributed by atoms with Crippen LogP contribution in [0.5, 0.6) is 0 Å². The number of likely N-dealkylation sites (tertiary alicyclic amines) is 1. The summed E-state index contributed by atoms with van der Waals surface area (Å²) < 4.78 is 6.37. The van der Waals surface area contributed by atoms with Gasteiger partial charge in [0.2, 0.25) is 17.7 Å². The first-order chi connectivity index (χ1) is 14.0. The van der Waals surface area contributed by atoms with Crippen LogP contribution in [0.4, 0.5) is 0 Å².